The molecule has 1 heterocycles. The van der Waals surface area contributed by atoms with E-state index < -0.39 is 10.0 Å². The fourth-order valence-corrected chi connectivity index (χ4v) is 3.85. The van der Waals surface area contributed by atoms with Gasteiger partial charge in [0.05, 0.1) is 11.9 Å². The van der Waals surface area contributed by atoms with Crippen molar-refractivity contribution in [3.8, 4) is 0 Å². The normalized spacial score (nSPS) is 16.4. The maximum absolute atomic E-state index is 12.2. The van der Waals surface area contributed by atoms with Crippen molar-refractivity contribution in [1.82, 2.24) is 15.1 Å². The molecule has 146 valence electrons. The molecule has 1 aliphatic heterocycles. The fourth-order valence-electron chi connectivity index (χ4n) is 2.82. The first-order chi connectivity index (χ1) is 12.3. The zero-order valence-corrected chi connectivity index (χ0v) is 16.9. The summed E-state index contributed by atoms with van der Waals surface area (Å²) in [6, 6.07) is 6.46. The largest absolute Gasteiger partial charge is 0.354 e. The lowest BCUT2D eigenvalue weighted by molar-refractivity contribution is -0.119. The van der Waals surface area contributed by atoms with Gasteiger partial charge in [0.15, 0.2) is 0 Å². The topological polar surface area (TPSA) is 73.0 Å². The summed E-state index contributed by atoms with van der Waals surface area (Å²) in [5.41, 5.74) is 0.382. The van der Waals surface area contributed by atoms with Crippen LogP contribution >= 0.6 is 11.6 Å². The zero-order chi connectivity index (χ0) is 19.2. The number of amides is 1. The van der Waals surface area contributed by atoms with Crippen LogP contribution in [-0.4, -0.2) is 83.2 Å². The van der Waals surface area contributed by atoms with Gasteiger partial charge in [-0.3, -0.25) is 9.10 Å². The number of carbonyl (C=O) groups is 1. The van der Waals surface area contributed by atoms with E-state index in [1.807, 2.05) is 0 Å². The van der Waals surface area contributed by atoms with E-state index in [-0.39, 0.29) is 12.5 Å². The van der Waals surface area contributed by atoms with E-state index in [4.69, 9.17) is 11.6 Å². The minimum absolute atomic E-state index is 0.256. The van der Waals surface area contributed by atoms with Crippen LogP contribution in [0.15, 0.2) is 24.3 Å². The third-order valence-electron chi connectivity index (χ3n) is 4.35. The fraction of sp³-hybridized carbons (Fsp3) is 0.588. The lowest BCUT2D eigenvalue weighted by atomic mass is 10.3. The number of benzene rings is 1. The zero-order valence-electron chi connectivity index (χ0n) is 15.3. The van der Waals surface area contributed by atoms with E-state index in [2.05, 4.69) is 22.2 Å². The molecule has 0 bridgehead atoms. The molecule has 1 aromatic carbocycles. The Kier molecular flexibility index (Phi) is 7.69. The molecule has 0 radical (unpaired) electrons. The Bertz CT molecular complexity index is 706. The predicted octanol–water partition coefficient (Wildman–Crippen LogP) is 0.860. The molecule has 0 unspecified atom stereocenters. The smallest absolute Gasteiger partial charge is 0.240 e. The van der Waals surface area contributed by atoms with Gasteiger partial charge < -0.3 is 15.1 Å². The van der Waals surface area contributed by atoms with Crippen molar-refractivity contribution in [3.63, 3.8) is 0 Å². The van der Waals surface area contributed by atoms with Crippen LogP contribution in [0.1, 0.15) is 6.42 Å². The Balaban J connectivity index is 1.80. The summed E-state index contributed by atoms with van der Waals surface area (Å²) in [6.45, 7) is 5.41. The lowest BCUT2D eigenvalue weighted by Gasteiger charge is -2.32. The maximum Gasteiger partial charge on any atom is 0.240 e. The third-order valence-corrected chi connectivity index (χ3v) is 5.73. The molecular formula is C17H27ClN4O3S. The number of piperazine rings is 1. The van der Waals surface area contributed by atoms with Gasteiger partial charge >= 0.3 is 0 Å². The van der Waals surface area contributed by atoms with E-state index in [1.165, 1.54) is 6.07 Å². The van der Waals surface area contributed by atoms with Crippen LogP contribution in [0.25, 0.3) is 0 Å². The highest BCUT2D eigenvalue weighted by molar-refractivity contribution is 7.92. The number of carbonyl (C=O) groups excluding carboxylic acids is 1. The van der Waals surface area contributed by atoms with Crippen LogP contribution in [-0.2, 0) is 14.8 Å². The van der Waals surface area contributed by atoms with Crippen LogP contribution in [0.2, 0.25) is 5.02 Å². The second-order valence-electron chi connectivity index (χ2n) is 6.60. The van der Waals surface area contributed by atoms with Crippen molar-refractivity contribution >= 4 is 33.2 Å². The highest BCUT2D eigenvalue weighted by Crippen LogP contribution is 2.21. The number of anilines is 1. The van der Waals surface area contributed by atoms with Crippen molar-refractivity contribution in [2.24, 2.45) is 0 Å². The summed E-state index contributed by atoms with van der Waals surface area (Å²) in [6.07, 6.45) is 1.92. The Morgan fingerprint density at radius 3 is 2.58 bits per heavy atom. The SMILES string of the molecule is CN1CCN(CCCNC(=O)CN(c2cccc(Cl)c2)S(C)(=O)=O)CC1. The number of rotatable bonds is 8. The maximum atomic E-state index is 12.2. The first-order valence-corrected chi connectivity index (χ1v) is 10.9. The molecule has 9 heteroatoms. The predicted molar refractivity (Wildman–Crippen MR) is 105 cm³/mol. The minimum atomic E-state index is -3.58. The van der Waals surface area contributed by atoms with Gasteiger partial charge in [-0.2, -0.15) is 0 Å². The molecule has 26 heavy (non-hydrogen) atoms. The van der Waals surface area contributed by atoms with Crippen LogP contribution < -0.4 is 9.62 Å². The second-order valence-corrected chi connectivity index (χ2v) is 8.94. The summed E-state index contributed by atoms with van der Waals surface area (Å²) < 4.78 is 25.1. The summed E-state index contributed by atoms with van der Waals surface area (Å²) >= 11 is 5.93. The molecule has 7 nitrogen and oxygen atoms in total. The number of likely N-dealkylation sites (N-methyl/N-ethyl adjacent to an activating group) is 1. The van der Waals surface area contributed by atoms with Gasteiger partial charge in [-0.25, -0.2) is 8.42 Å². The van der Waals surface area contributed by atoms with Gasteiger partial charge in [-0.15, -0.1) is 0 Å². The van der Waals surface area contributed by atoms with Crippen molar-refractivity contribution in [3.05, 3.63) is 29.3 Å². The second kappa shape index (κ2) is 9.55. The Morgan fingerprint density at radius 1 is 1.27 bits per heavy atom. The average molecular weight is 403 g/mol. The molecule has 2 rings (SSSR count). The number of hydrogen-bond acceptors (Lipinski definition) is 5. The molecule has 0 spiro atoms. The van der Waals surface area contributed by atoms with Gasteiger partial charge in [0.1, 0.15) is 6.54 Å². The minimum Gasteiger partial charge on any atom is -0.354 e. The molecule has 0 aromatic heterocycles. The molecule has 0 atom stereocenters. The molecule has 1 saturated heterocycles. The highest BCUT2D eigenvalue weighted by atomic mass is 35.5. The van der Waals surface area contributed by atoms with Gasteiger partial charge in [0, 0.05) is 37.7 Å². The van der Waals surface area contributed by atoms with Gasteiger partial charge in [0.25, 0.3) is 0 Å². The summed E-state index contributed by atoms with van der Waals surface area (Å²) in [4.78, 5) is 16.9. The standard InChI is InChI=1S/C17H27ClN4O3S/c1-20-9-11-21(12-10-20)8-4-7-19-17(23)14-22(26(2,24)25)16-6-3-5-15(18)13-16/h3,5-6,13H,4,7-12,14H2,1-2H3,(H,19,23). The van der Waals surface area contributed by atoms with Gasteiger partial charge in [0.2, 0.25) is 15.9 Å². The molecule has 1 amide bonds. The number of halogens is 1. The Morgan fingerprint density at radius 2 is 1.96 bits per heavy atom. The molecule has 0 aliphatic carbocycles. The summed E-state index contributed by atoms with van der Waals surface area (Å²) in [5, 5.41) is 3.22. The first-order valence-electron chi connectivity index (χ1n) is 8.66. The number of nitrogens with zero attached hydrogens (tertiary/aromatic N) is 3. The molecule has 0 saturated carbocycles. The summed E-state index contributed by atoms with van der Waals surface area (Å²) in [7, 11) is -1.47. The average Bonchev–Trinajstić information content (AvgIpc) is 2.57. The molecule has 1 fully saturated rings. The number of nitrogens with one attached hydrogen (secondary N) is 1. The van der Waals surface area contributed by atoms with E-state index >= 15 is 0 Å². The van der Waals surface area contributed by atoms with E-state index in [0.717, 1.165) is 49.7 Å². The van der Waals surface area contributed by atoms with Crippen LogP contribution in [0.5, 0.6) is 0 Å². The van der Waals surface area contributed by atoms with Crippen LogP contribution in [0.3, 0.4) is 0 Å². The van der Waals surface area contributed by atoms with E-state index in [9.17, 15) is 13.2 Å². The number of sulfonamides is 1. The van der Waals surface area contributed by atoms with Gasteiger partial charge in [-0.05, 0) is 38.2 Å². The van der Waals surface area contributed by atoms with E-state index in [0.29, 0.717) is 17.3 Å². The third kappa shape index (κ3) is 6.75. The number of hydrogen-bond donors (Lipinski definition) is 1. The van der Waals surface area contributed by atoms with Gasteiger partial charge in [-0.1, -0.05) is 17.7 Å². The monoisotopic (exact) mass is 402 g/mol. The lowest BCUT2D eigenvalue weighted by Crippen LogP contribution is -2.45. The quantitative estimate of drug-likeness (QED) is 0.653. The first kappa shape index (κ1) is 21.0. The van der Waals surface area contributed by atoms with E-state index in [1.54, 1.807) is 18.2 Å². The molecular weight excluding hydrogens is 376 g/mol. The van der Waals surface area contributed by atoms with Crippen molar-refractivity contribution in [2.75, 3.05) is 63.4 Å². The highest BCUT2D eigenvalue weighted by Gasteiger charge is 2.21. The Labute approximate surface area is 160 Å². The van der Waals surface area contributed by atoms with Crippen molar-refractivity contribution in [2.45, 2.75) is 6.42 Å². The molecule has 1 aromatic rings. The van der Waals surface area contributed by atoms with Crippen LogP contribution in [0.4, 0.5) is 5.69 Å². The van der Waals surface area contributed by atoms with Crippen molar-refractivity contribution in [1.29, 1.82) is 0 Å². The molecule has 1 aliphatic rings. The van der Waals surface area contributed by atoms with Crippen molar-refractivity contribution < 1.29 is 13.2 Å². The Hall–Kier alpha value is -1.35. The molecule has 1 N–H and O–H groups in total. The van der Waals surface area contributed by atoms with Crippen LogP contribution in [0, 0.1) is 0 Å². The summed E-state index contributed by atoms with van der Waals surface area (Å²) in [5.74, 6) is -0.325.